The van der Waals surface area contributed by atoms with Crippen LogP contribution in [0.15, 0.2) is 76.7 Å². The van der Waals surface area contributed by atoms with Crippen LogP contribution in [-0.2, 0) is 11.2 Å². The van der Waals surface area contributed by atoms with Crippen molar-refractivity contribution in [1.82, 2.24) is 15.5 Å². The summed E-state index contributed by atoms with van der Waals surface area (Å²) in [6.45, 7) is 4.85. The van der Waals surface area contributed by atoms with Crippen LogP contribution in [0.4, 0.5) is 0 Å². The molecule has 3 aromatic rings. The van der Waals surface area contributed by atoms with E-state index in [0.717, 1.165) is 23.3 Å². The van der Waals surface area contributed by atoms with Crippen molar-refractivity contribution < 1.29 is 10.0 Å². The van der Waals surface area contributed by atoms with Gasteiger partial charge in [0.2, 0.25) is 5.91 Å². The lowest BCUT2D eigenvalue weighted by Gasteiger charge is -2.27. The molecule has 0 saturated heterocycles. The van der Waals surface area contributed by atoms with E-state index in [1.165, 1.54) is 16.5 Å². The van der Waals surface area contributed by atoms with Gasteiger partial charge in [0.1, 0.15) is 0 Å². The zero-order valence-corrected chi connectivity index (χ0v) is 17.7. The van der Waals surface area contributed by atoms with Crippen molar-refractivity contribution in [2.45, 2.75) is 32.7 Å². The lowest BCUT2D eigenvalue weighted by Crippen LogP contribution is -2.26. The van der Waals surface area contributed by atoms with Gasteiger partial charge in [-0.25, -0.2) is 5.48 Å². The zero-order chi connectivity index (χ0) is 21.8. The van der Waals surface area contributed by atoms with Gasteiger partial charge in [-0.3, -0.25) is 15.0 Å². The van der Waals surface area contributed by atoms with Gasteiger partial charge in [0.05, 0.1) is 18.3 Å². The van der Waals surface area contributed by atoms with Gasteiger partial charge in [-0.2, -0.15) is 0 Å². The summed E-state index contributed by atoms with van der Waals surface area (Å²) < 4.78 is 0. The summed E-state index contributed by atoms with van der Waals surface area (Å²) in [5.41, 5.74) is 7.13. The number of hydroxylamine groups is 1. The van der Waals surface area contributed by atoms with E-state index in [1.54, 1.807) is 11.6 Å². The first-order valence-electron chi connectivity index (χ1n) is 10.5. The van der Waals surface area contributed by atoms with Gasteiger partial charge in [-0.15, -0.1) is 5.11 Å². The maximum absolute atomic E-state index is 11.3. The summed E-state index contributed by atoms with van der Waals surface area (Å²) in [6.07, 6.45) is 2.64. The summed E-state index contributed by atoms with van der Waals surface area (Å²) in [6, 6.07) is 19.1. The smallest absolute Gasteiger partial charge is 0.247 e. The molecule has 4 rings (SSSR count). The normalized spacial score (nSPS) is 15.9. The fraction of sp³-hybridized carbons (Fsp3) is 0.292. The average molecular weight is 418 g/mol. The highest BCUT2D eigenvalue weighted by Crippen LogP contribution is 2.35. The molecule has 7 nitrogen and oxygen atoms in total. The van der Waals surface area contributed by atoms with E-state index < -0.39 is 5.91 Å². The van der Waals surface area contributed by atoms with E-state index >= 15 is 0 Å². The lowest BCUT2D eigenvalue weighted by molar-refractivity contribution is -0.128. The van der Waals surface area contributed by atoms with Crippen molar-refractivity contribution in [3.05, 3.63) is 83.2 Å². The summed E-state index contributed by atoms with van der Waals surface area (Å²) in [7, 11) is 0. The summed E-state index contributed by atoms with van der Waals surface area (Å²) in [5.74, 6) is -0.173. The van der Waals surface area contributed by atoms with Gasteiger partial charge in [0.15, 0.2) is 0 Å². The predicted molar refractivity (Wildman–Crippen MR) is 119 cm³/mol. The van der Waals surface area contributed by atoms with Gasteiger partial charge in [0, 0.05) is 23.0 Å². The Morgan fingerprint density at radius 2 is 2.03 bits per heavy atom. The molecule has 31 heavy (non-hydrogen) atoms. The molecule has 3 N–H and O–H groups in total. The average Bonchev–Trinajstić information content (AvgIpc) is 3.40. The Labute approximate surface area is 181 Å². The van der Waals surface area contributed by atoms with Crippen LogP contribution in [0, 0.1) is 5.92 Å². The molecule has 0 radical (unpaired) electrons. The quantitative estimate of drug-likeness (QED) is 0.376. The molecular formula is C24H27N5O2. The van der Waals surface area contributed by atoms with Gasteiger partial charge >= 0.3 is 0 Å². The molecule has 2 heterocycles. The van der Waals surface area contributed by atoms with E-state index in [0.29, 0.717) is 12.5 Å². The van der Waals surface area contributed by atoms with Crippen LogP contribution in [0.5, 0.6) is 0 Å². The monoisotopic (exact) mass is 417 g/mol. The van der Waals surface area contributed by atoms with Crippen LogP contribution >= 0.6 is 0 Å². The standard InChI is InChI=1S/C24H27N5O2/c1-16(2)24(29-15-19(26-28-29)11-12-23(30)27-31)22-14-20-18(9-6-10-21(20)25-22)13-17-7-4-3-5-8-17/h3-11,14,16,24-25,31H,12-13,15H2,1-2H3,(H,27,30)/b19-11-. The first-order valence-corrected chi connectivity index (χ1v) is 10.5. The summed E-state index contributed by atoms with van der Waals surface area (Å²) in [5, 5.41) is 20.4. The van der Waals surface area contributed by atoms with Crippen LogP contribution in [0.1, 0.15) is 43.1 Å². The lowest BCUT2D eigenvalue weighted by atomic mass is 9.98. The molecule has 0 fully saturated rings. The Morgan fingerprint density at radius 1 is 1.23 bits per heavy atom. The number of carbonyl (C=O) groups excluding carboxylic acids is 1. The highest BCUT2D eigenvalue weighted by atomic mass is 16.5. The number of aromatic nitrogens is 1. The number of rotatable bonds is 7. The minimum atomic E-state index is -0.469. The van der Waals surface area contributed by atoms with Crippen LogP contribution in [0.25, 0.3) is 10.9 Å². The molecule has 1 amide bonds. The third kappa shape index (κ3) is 4.67. The number of carbonyl (C=O) groups is 1. The SMILES string of the molecule is CC(C)C(c1cc2c(Cc3ccccc3)cccc2[nH]1)N1C/C(=C/CC(=O)NO)N=N1. The fourth-order valence-electron chi connectivity index (χ4n) is 4.09. The van der Waals surface area contributed by atoms with Crippen LogP contribution in [0.2, 0.25) is 0 Å². The number of hydrogen-bond donors (Lipinski definition) is 3. The van der Waals surface area contributed by atoms with Gasteiger partial charge in [0.25, 0.3) is 0 Å². The second-order valence-corrected chi connectivity index (χ2v) is 8.18. The number of nitrogens with one attached hydrogen (secondary N) is 2. The van der Waals surface area contributed by atoms with Crippen molar-refractivity contribution >= 4 is 16.8 Å². The third-order valence-electron chi connectivity index (χ3n) is 5.54. The Morgan fingerprint density at radius 3 is 2.77 bits per heavy atom. The number of amides is 1. The van der Waals surface area contributed by atoms with Crippen molar-refractivity contribution in [2.75, 3.05) is 6.54 Å². The van der Waals surface area contributed by atoms with Gasteiger partial charge in [-0.1, -0.05) is 61.5 Å². The first-order chi connectivity index (χ1) is 15.0. The molecule has 0 bridgehead atoms. The van der Waals surface area contributed by atoms with Crippen LogP contribution < -0.4 is 5.48 Å². The predicted octanol–water partition coefficient (Wildman–Crippen LogP) is 4.92. The molecule has 2 aromatic carbocycles. The summed E-state index contributed by atoms with van der Waals surface area (Å²) >= 11 is 0. The van der Waals surface area contributed by atoms with Crippen molar-refractivity contribution in [3.8, 4) is 0 Å². The van der Waals surface area contributed by atoms with Crippen molar-refractivity contribution in [1.29, 1.82) is 0 Å². The summed E-state index contributed by atoms with van der Waals surface area (Å²) in [4.78, 5) is 14.9. The highest BCUT2D eigenvalue weighted by molar-refractivity contribution is 5.84. The second kappa shape index (κ2) is 9.14. The molecular weight excluding hydrogens is 390 g/mol. The van der Waals surface area contributed by atoms with Gasteiger partial charge < -0.3 is 4.98 Å². The zero-order valence-electron chi connectivity index (χ0n) is 17.7. The molecule has 0 spiro atoms. The molecule has 0 aliphatic carbocycles. The fourth-order valence-corrected chi connectivity index (χ4v) is 4.09. The van der Waals surface area contributed by atoms with Crippen LogP contribution in [-0.4, -0.2) is 27.7 Å². The Balaban J connectivity index is 1.59. The number of aromatic amines is 1. The number of benzene rings is 2. The molecule has 1 unspecified atom stereocenters. The number of fused-ring (bicyclic) bond motifs is 1. The molecule has 1 aliphatic rings. The molecule has 0 saturated carbocycles. The molecule has 7 heteroatoms. The second-order valence-electron chi connectivity index (χ2n) is 8.18. The van der Waals surface area contributed by atoms with Gasteiger partial charge in [-0.05, 0) is 41.7 Å². The third-order valence-corrected chi connectivity index (χ3v) is 5.54. The highest BCUT2D eigenvalue weighted by Gasteiger charge is 2.28. The van der Waals surface area contributed by atoms with E-state index in [4.69, 9.17) is 5.21 Å². The maximum Gasteiger partial charge on any atom is 0.247 e. The Bertz CT molecular complexity index is 1120. The van der Waals surface area contributed by atoms with E-state index in [-0.39, 0.29) is 12.5 Å². The number of hydrogen-bond acceptors (Lipinski definition) is 5. The number of H-pyrrole nitrogens is 1. The minimum absolute atomic E-state index is 0.0262. The van der Waals surface area contributed by atoms with E-state index in [9.17, 15) is 4.79 Å². The van der Waals surface area contributed by atoms with E-state index in [2.05, 4.69) is 77.7 Å². The van der Waals surface area contributed by atoms with Crippen molar-refractivity contribution in [3.63, 3.8) is 0 Å². The largest absolute Gasteiger partial charge is 0.357 e. The topological polar surface area (TPSA) is 93.1 Å². The molecule has 1 aliphatic heterocycles. The number of nitrogens with zero attached hydrogens (tertiary/aromatic N) is 3. The Hall–Kier alpha value is -3.45. The Kier molecular flexibility index (Phi) is 6.13. The molecule has 1 aromatic heterocycles. The minimum Gasteiger partial charge on any atom is -0.357 e. The van der Waals surface area contributed by atoms with Crippen molar-refractivity contribution in [2.24, 2.45) is 16.3 Å². The maximum atomic E-state index is 11.3. The van der Waals surface area contributed by atoms with E-state index in [1.807, 2.05) is 11.1 Å². The first kappa shape index (κ1) is 20.8. The molecule has 160 valence electrons. The van der Waals surface area contributed by atoms with Crippen LogP contribution in [0.3, 0.4) is 0 Å². The molecule has 1 atom stereocenters.